The van der Waals surface area contributed by atoms with Crippen LogP contribution in [0.2, 0.25) is 0 Å². The molecule has 0 saturated carbocycles. The van der Waals surface area contributed by atoms with Crippen molar-refractivity contribution in [3.8, 4) is 0 Å². The average Bonchev–Trinajstić information content (AvgIpc) is 2.46. The molecule has 104 valence electrons. The number of carbonyl (C=O) groups excluding carboxylic acids is 1. The predicted molar refractivity (Wildman–Crippen MR) is 78.4 cm³/mol. The van der Waals surface area contributed by atoms with Crippen LogP contribution in [0.3, 0.4) is 0 Å². The highest BCUT2D eigenvalue weighted by Gasteiger charge is 2.27. The van der Waals surface area contributed by atoms with E-state index in [9.17, 15) is 4.79 Å². The predicted octanol–water partition coefficient (Wildman–Crippen LogP) is 2.37. The number of carbonyl (C=O) groups is 1. The normalized spacial score (nSPS) is 23.1. The van der Waals surface area contributed by atoms with Crippen LogP contribution < -0.4 is 10.6 Å². The lowest BCUT2D eigenvalue weighted by Gasteiger charge is -2.34. The molecule has 1 aliphatic rings. The van der Waals surface area contributed by atoms with Gasteiger partial charge in [-0.15, -0.1) is 0 Å². The molecule has 1 aromatic rings. The maximum Gasteiger partial charge on any atom is 0.251 e. The molecule has 1 unspecified atom stereocenters. The van der Waals surface area contributed by atoms with E-state index in [1.165, 1.54) is 18.4 Å². The Labute approximate surface area is 115 Å². The van der Waals surface area contributed by atoms with Crippen molar-refractivity contribution in [2.45, 2.75) is 33.1 Å². The third kappa shape index (κ3) is 3.80. The number of benzene rings is 1. The monoisotopic (exact) mass is 260 g/mol. The van der Waals surface area contributed by atoms with E-state index in [0.717, 1.165) is 31.6 Å². The van der Waals surface area contributed by atoms with Gasteiger partial charge in [0, 0.05) is 18.7 Å². The molecule has 1 aromatic carbocycles. The van der Waals surface area contributed by atoms with Crippen LogP contribution in [0.1, 0.15) is 42.6 Å². The SMILES string of the molecule is CCc1ccc(C(=O)NCC2(C)CCCNC2)cc1. The molecular formula is C16H24N2O. The highest BCUT2D eigenvalue weighted by molar-refractivity contribution is 5.94. The first-order valence-electron chi connectivity index (χ1n) is 7.21. The molecule has 3 heteroatoms. The number of amides is 1. The van der Waals surface area contributed by atoms with Crippen molar-refractivity contribution in [1.29, 1.82) is 0 Å². The van der Waals surface area contributed by atoms with Crippen molar-refractivity contribution < 1.29 is 4.79 Å². The van der Waals surface area contributed by atoms with Gasteiger partial charge in [0.1, 0.15) is 0 Å². The van der Waals surface area contributed by atoms with Crippen molar-refractivity contribution in [3.63, 3.8) is 0 Å². The van der Waals surface area contributed by atoms with Gasteiger partial charge in [-0.2, -0.15) is 0 Å². The van der Waals surface area contributed by atoms with Gasteiger partial charge in [-0.3, -0.25) is 4.79 Å². The molecule has 2 N–H and O–H groups in total. The zero-order chi connectivity index (χ0) is 13.7. The molecule has 1 amide bonds. The summed E-state index contributed by atoms with van der Waals surface area (Å²) in [5, 5.41) is 6.47. The van der Waals surface area contributed by atoms with Gasteiger partial charge in [0.25, 0.3) is 5.91 Å². The first-order valence-corrected chi connectivity index (χ1v) is 7.21. The summed E-state index contributed by atoms with van der Waals surface area (Å²) in [6.45, 7) is 7.18. The van der Waals surface area contributed by atoms with Crippen LogP contribution in [-0.2, 0) is 6.42 Å². The third-order valence-corrected chi connectivity index (χ3v) is 3.99. The van der Waals surface area contributed by atoms with Crippen molar-refractivity contribution in [3.05, 3.63) is 35.4 Å². The molecule has 1 atom stereocenters. The standard InChI is InChI=1S/C16H24N2O/c1-3-13-5-7-14(8-6-13)15(19)18-12-16(2)9-4-10-17-11-16/h5-8,17H,3-4,9-12H2,1-2H3,(H,18,19). The van der Waals surface area contributed by atoms with Gasteiger partial charge in [0.05, 0.1) is 0 Å². The van der Waals surface area contributed by atoms with Crippen LogP contribution in [0.15, 0.2) is 24.3 Å². The molecule has 0 aromatic heterocycles. The van der Waals surface area contributed by atoms with Gasteiger partial charge in [-0.05, 0) is 48.9 Å². The average molecular weight is 260 g/mol. The molecular weight excluding hydrogens is 236 g/mol. The van der Waals surface area contributed by atoms with E-state index in [2.05, 4.69) is 24.5 Å². The summed E-state index contributed by atoms with van der Waals surface area (Å²) in [5.41, 5.74) is 2.21. The minimum absolute atomic E-state index is 0.0365. The van der Waals surface area contributed by atoms with Gasteiger partial charge in [-0.1, -0.05) is 26.0 Å². The van der Waals surface area contributed by atoms with Crippen LogP contribution in [0, 0.1) is 5.41 Å². The van der Waals surface area contributed by atoms with Gasteiger partial charge in [0.15, 0.2) is 0 Å². The lowest BCUT2D eigenvalue weighted by molar-refractivity contribution is 0.0924. The molecule has 1 aliphatic heterocycles. The molecule has 19 heavy (non-hydrogen) atoms. The summed E-state index contributed by atoms with van der Waals surface area (Å²) in [4.78, 5) is 12.1. The van der Waals surface area contributed by atoms with E-state index in [1.807, 2.05) is 24.3 Å². The molecule has 3 nitrogen and oxygen atoms in total. The number of nitrogens with one attached hydrogen (secondary N) is 2. The molecule has 0 spiro atoms. The quantitative estimate of drug-likeness (QED) is 0.872. The second-order valence-corrected chi connectivity index (χ2v) is 5.82. The fourth-order valence-corrected chi connectivity index (χ4v) is 2.56. The minimum atomic E-state index is 0.0365. The third-order valence-electron chi connectivity index (χ3n) is 3.99. The Hall–Kier alpha value is -1.35. The Balaban J connectivity index is 1.89. The Kier molecular flexibility index (Phi) is 4.59. The second-order valence-electron chi connectivity index (χ2n) is 5.82. The Morgan fingerprint density at radius 3 is 2.68 bits per heavy atom. The van der Waals surface area contributed by atoms with Crippen LogP contribution in [0.4, 0.5) is 0 Å². The maximum atomic E-state index is 12.1. The summed E-state index contributed by atoms with van der Waals surface area (Å²) >= 11 is 0. The van der Waals surface area contributed by atoms with Crippen molar-refractivity contribution >= 4 is 5.91 Å². The Bertz CT molecular complexity index is 419. The first-order chi connectivity index (χ1) is 9.13. The fourth-order valence-electron chi connectivity index (χ4n) is 2.56. The van der Waals surface area contributed by atoms with Gasteiger partial charge in [-0.25, -0.2) is 0 Å². The van der Waals surface area contributed by atoms with E-state index < -0.39 is 0 Å². The highest BCUT2D eigenvalue weighted by atomic mass is 16.1. The Morgan fingerprint density at radius 2 is 2.11 bits per heavy atom. The smallest absolute Gasteiger partial charge is 0.251 e. The number of hydrogen-bond acceptors (Lipinski definition) is 2. The molecule has 0 radical (unpaired) electrons. The number of hydrogen-bond donors (Lipinski definition) is 2. The first kappa shape index (κ1) is 14.1. The molecule has 1 saturated heterocycles. The molecule has 1 heterocycles. The summed E-state index contributed by atoms with van der Waals surface area (Å²) in [6, 6.07) is 7.88. The lowest BCUT2D eigenvalue weighted by atomic mass is 9.83. The topological polar surface area (TPSA) is 41.1 Å². The van der Waals surface area contributed by atoms with Crippen LogP contribution >= 0.6 is 0 Å². The minimum Gasteiger partial charge on any atom is -0.351 e. The molecule has 0 bridgehead atoms. The van der Waals surface area contributed by atoms with Crippen molar-refractivity contribution in [2.24, 2.45) is 5.41 Å². The number of rotatable bonds is 4. The fraction of sp³-hybridized carbons (Fsp3) is 0.562. The summed E-state index contributed by atoms with van der Waals surface area (Å²) in [6.07, 6.45) is 3.37. The van der Waals surface area contributed by atoms with E-state index in [-0.39, 0.29) is 11.3 Å². The van der Waals surface area contributed by atoms with E-state index in [0.29, 0.717) is 0 Å². The second kappa shape index (κ2) is 6.20. The molecule has 0 aliphatic carbocycles. The largest absolute Gasteiger partial charge is 0.351 e. The van der Waals surface area contributed by atoms with Crippen LogP contribution in [-0.4, -0.2) is 25.5 Å². The van der Waals surface area contributed by atoms with E-state index in [1.54, 1.807) is 0 Å². The zero-order valence-corrected chi connectivity index (χ0v) is 12.0. The number of aryl methyl sites for hydroxylation is 1. The van der Waals surface area contributed by atoms with Crippen LogP contribution in [0.25, 0.3) is 0 Å². The maximum absolute atomic E-state index is 12.1. The molecule has 2 rings (SSSR count). The molecule has 1 fully saturated rings. The van der Waals surface area contributed by atoms with Gasteiger partial charge >= 0.3 is 0 Å². The van der Waals surface area contributed by atoms with E-state index in [4.69, 9.17) is 0 Å². The summed E-state index contributed by atoms with van der Waals surface area (Å²) in [7, 11) is 0. The van der Waals surface area contributed by atoms with Gasteiger partial charge in [0.2, 0.25) is 0 Å². The van der Waals surface area contributed by atoms with Crippen molar-refractivity contribution in [1.82, 2.24) is 10.6 Å². The lowest BCUT2D eigenvalue weighted by Crippen LogP contribution is -2.45. The van der Waals surface area contributed by atoms with Crippen molar-refractivity contribution in [2.75, 3.05) is 19.6 Å². The van der Waals surface area contributed by atoms with E-state index >= 15 is 0 Å². The number of piperidine rings is 1. The van der Waals surface area contributed by atoms with Gasteiger partial charge < -0.3 is 10.6 Å². The highest BCUT2D eigenvalue weighted by Crippen LogP contribution is 2.24. The summed E-state index contributed by atoms with van der Waals surface area (Å²) in [5.74, 6) is 0.0365. The zero-order valence-electron chi connectivity index (χ0n) is 12.0. The van der Waals surface area contributed by atoms with Crippen LogP contribution in [0.5, 0.6) is 0 Å². The Morgan fingerprint density at radius 1 is 1.37 bits per heavy atom. The summed E-state index contributed by atoms with van der Waals surface area (Å²) < 4.78 is 0.